The Balaban J connectivity index is 1.24. The average molecular weight is 639 g/mol. The summed E-state index contributed by atoms with van der Waals surface area (Å²) in [4.78, 5) is 24.8. The normalized spacial score (nSPS) is 16.5. The Morgan fingerprint density at radius 3 is 2.48 bits per heavy atom. The molecule has 1 aliphatic carbocycles. The number of nitrogens with one attached hydrogen (secondary N) is 2. The molecule has 0 unspecified atom stereocenters. The Bertz CT molecular complexity index is 1960. The van der Waals surface area contributed by atoms with Gasteiger partial charge in [0, 0.05) is 29.2 Å². The molecule has 12 heteroatoms. The summed E-state index contributed by atoms with van der Waals surface area (Å²) in [6.45, 7) is 1.93. The lowest BCUT2D eigenvalue weighted by molar-refractivity contribution is 0.0805. The molecule has 0 radical (unpaired) electrons. The number of aromatic nitrogens is 3. The number of amides is 1. The number of aryl methyl sites for hydroxylation is 1. The van der Waals surface area contributed by atoms with Crippen LogP contribution in [0.25, 0.3) is 22.0 Å². The third kappa shape index (κ3) is 7.35. The van der Waals surface area contributed by atoms with Crippen LogP contribution in [0.4, 0.5) is 16.4 Å². The van der Waals surface area contributed by atoms with Gasteiger partial charge in [0.15, 0.2) is 0 Å². The van der Waals surface area contributed by atoms with Gasteiger partial charge in [-0.3, -0.25) is 4.72 Å². The number of primary amides is 1. The second kappa shape index (κ2) is 13.4. The standard InChI is InChI=1S/C34H34N6O5S/c1-22-12-17-26-27(9-5-11-30(26)40-46(42,43)21-23-7-3-2-4-8-23)31(22)45-32-28(10-6-19-36-32)29-18-20-37-34(39-29)38-24-13-15-25(16-14-24)44-33(35)41/h2-12,17-20,24-25,40H,13-16,21H2,1H3,(H2,35,41)(H,37,38,39). The molecule has 3 aromatic carbocycles. The Morgan fingerprint density at radius 1 is 0.891 bits per heavy atom. The second-order valence-electron chi connectivity index (χ2n) is 11.2. The van der Waals surface area contributed by atoms with E-state index in [1.54, 1.807) is 42.7 Å². The van der Waals surface area contributed by atoms with E-state index >= 15 is 0 Å². The third-order valence-electron chi connectivity index (χ3n) is 7.87. The largest absolute Gasteiger partial charge is 0.446 e. The van der Waals surface area contributed by atoms with E-state index < -0.39 is 16.1 Å². The van der Waals surface area contributed by atoms with Gasteiger partial charge in [-0.1, -0.05) is 54.6 Å². The van der Waals surface area contributed by atoms with E-state index in [9.17, 15) is 13.2 Å². The lowest BCUT2D eigenvalue weighted by Gasteiger charge is -2.28. The van der Waals surface area contributed by atoms with Crippen LogP contribution in [0.15, 0.2) is 91.3 Å². The van der Waals surface area contributed by atoms with Gasteiger partial charge in [-0.15, -0.1) is 0 Å². The molecular weight excluding hydrogens is 604 g/mol. The van der Waals surface area contributed by atoms with Gasteiger partial charge < -0.3 is 20.5 Å². The summed E-state index contributed by atoms with van der Waals surface area (Å²) in [5.74, 6) is 1.24. The number of rotatable bonds is 10. The number of fused-ring (bicyclic) bond motifs is 1. The van der Waals surface area contributed by atoms with Crippen molar-refractivity contribution in [1.29, 1.82) is 0 Å². The third-order valence-corrected chi connectivity index (χ3v) is 9.11. The van der Waals surface area contributed by atoms with Crippen LogP contribution in [0.3, 0.4) is 0 Å². The minimum Gasteiger partial charge on any atom is -0.446 e. The van der Waals surface area contributed by atoms with E-state index in [4.69, 9.17) is 20.2 Å². The van der Waals surface area contributed by atoms with Gasteiger partial charge in [0.2, 0.25) is 21.9 Å². The summed E-state index contributed by atoms with van der Waals surface area (Å²) in [6, 6.07) is 23.9. The minimum absolute atomic E-state index is 0.130. The Labute approximate surface area is 267 Å². The van der Waals surface area contributed by atoms with Crippen LogP contribution in [-0.4, -0.2) is 41.6 Å². The average Bonchev–Trinajstić information content (AvgIpc) is 3.04. The van der Waals surface area contributed by atoms with E-state index in [2.05, 4.69) is 20.0 Å². The molecule has 2 aromatic heterocycles. The fourth-order valence-corrected chi connectivity index (χ4v) is 6.89. The van der Waals surface area contributed by atoms with Crippen LogP contribution < -0.4 is 20.5 Å². The first-order valence-electron chi connectivity index (χ1n) is 15.0. The smallest absolute Gasteiger partial charge is 0.404 e. The van der Waals surface area contributed by atoms with Gasteiger partial charge in [0.25, 0.3) is 0 Å². The van der Waals surface area contributed by atoms with Crippen LogP contribution in [0, 0.1) is 6.92 Å². The van der Waals surface area contributed by atoms with Crippen molar-refractivity contribution in [2.75, 3.05) is 10.0 Å². The summed E-state index contributed by atoms with van der Waals surface area (Å²) in [5.41, 5.74) is 8.47. The van der Waals surface area contributed by atoms with Gasteiger partial charge in [0.1, 0.15) is 11.9 Å². The molecule has 0 aliphatic heterocycles. The number of ether oxygens (including phenoxy) is 2. The molecule has 0 bridgehead atoms. The maximum atomic E-state index is 13.1. The number of benzene rings is 3. The van der Waals surface area contributed by atoms with Crippen molar-refractivity contribution in [3.63, 3.8) is 0 Å². The molecule has 1 saturated carbocycles. The number of hydrogen-bond acceptors (Lipinski definition) is 9. The van der Waals surface area contributed by atoms with E-state index in [0.29, 0.717) is 58.3 Å². The summed E-state index contributed by atoms with van der Waals surface area (Å²) in [6.07, 6.45) is 5.42. The SMILES string of the molecule is Cc1ccc2c(NS(=O)(=O)Cc3ccccc3)cccc2c1Oc1ncccc1-c1ccnc(NC2CCC(OC(N)=O)CC2)n1. The molecule has 46 heavy (non-hydrogen) atoms. The topological polar surface area (TPSA) is 158 Å². The van der Waals surface area contributed by atoms with Crippen molar-refractivity contribution < 1.29 is 22.7 Å². The van der Waals surface area contributed by atoms with Gasteiger partial charge in [-0.25, -0.2) is 28.2 Å². The molecule has 0 spiro atoms. The predicted molar refractivity (Wildman–Crippen MR) is 177 cm³/mol. The highest BCUT2D eigenvalue weighted by Crippen LogP contribution is 2.39. The summed E-state index contributed by atoms with van der Waals surface area (Å²) in [5, 5.41) is 4.83. The van der Waals surface area contributed by atoms with Gasteiger partial charge in [0.05, 0.1) is 22.7 Å². The molecule has 2 heterocycles. The summed E-state index contributed by atoms with van der Waals surface area (Å²) < 4.78 is 40.5. The molecule has 0 saturated heterocycles. The van der Waals surface area contributed by atoms with Crippen LogP contribution in [0.2, 0.25) is 0 Å². The molecule has 1 aliphatic rings. The van der Waals surface area contributed by atoms with Gasteiger partial charge >= 0.3 is 6.09 Å². The number of nitrogens with zero attached hydrogens (tertiary/aromatic N) is 3. The Hall–Kier alpha value is -5.23. The number of carbonyl (C=O) groups excluding carboxylic acids is 1. The fraction of sp³-hybridized carbons (Fsp3) is 0.235. The molecule has 4 N–H and O–H groups in total. The Kier molecular flexibility index (Phi) is 8.97. The zero-order valence-electron chi connectivity index (χ0n) is 25.2. The molecule has 0 atom stereocenters. The summed E-state index contributed by atoms with van der Waals surface area (Å²) in [7, 11) is -3.67. The highest BCUT2D eigenvalue weighted by Gasteiger charge is 2.24. The predicted octanol–water partition coefficient (Wildman–Crippen LogP) is 6.55. The van der Waals surface area contributed by atoms with Gasteiger partial charge in [-0.05, 0) is 68.0 Å². The highest BCUT2D eigenvalue weighted by atomic mass is 32.2. The Morgan fingerprint density at radius 2 is 1.70 bits per heavy atom. The van der Waals surface area contributed by atoms with Crippen LogP contribution in [0.1, 0.15) is 36.8 Å². The zero-order valence-corrected chi connectivity index (χ0v) is 26.0. The van der Waals surface area contributed by atoms with Crippen molar-refractivity contribution in [1.82, 2.24) is 15.0 Å². The van der Waals surface area contributed by atoms with E-state index in [1.807, 2.05) is 55.5 Å². The van der Waals surface area contributed by atoms with Crippen molar-refractivity contribution in [3.8, 4) is 22.9 Å². The molecule has 236 valence electrons. The first-order valence-corrected chi connectivity index (χ1v) is 16.6. The molecule has 1 amide bonds. The fourth-order valence-electron chi connectivity index (χ4n) is 5.67. The van der Waals surface area contributed by atoms with Crippen LogP contribution in [-0.2, 0) is 20.5 Å². The van der Waals surface area contributed by atoms with Crippen molar-refractivity contribution in [2.24, 2.45) is 5.73 Å². The lowest BCUT2D eigenvalue weighted by atomic mass is 9.93. The molecular formula is C34H34N6O5S. The molecule has 6 rings (SSSR count). The number of nitrogens with two attached hydrogens (primary N) is 1. The van der Waals surface area contributed by atoms with E-state index in [-0.39, 0.29) is 17.9 Å². The number of hydrogen-bond donors (Lipinski definition) is 3. The maximum absolute atomic E-state index is 13.1. The number of pyridine rings is 1. The number of anilines is 2. The second-order valence-corrected chi connectivity index (χ2v) is 13.0. The monoisotopic (exact) mass is 638 g/mol. The first-order chi connectivity index (χ1) is 22.2. The van der Waals surface area contributed by atoms with Crippen molar-refractivity contribution in [3.05, 3.63) is 102 Å². The van der Waals surface area contributed by atoms with Crippen molar-refractivity contribution in [2.45, 2.75) is 50.5 Å². The number of sulfonamides is 1. The minimum atomic E-state index is -3.67. The van der Waals surface area contributed by atoms with Crippen molar-refractivity contribution >= 4 is 38.5 Å². The number of carbonyl (C=O) groups is 1. The summed E-state index contributed by atoms with van der Waals surface area (Å²) >= 11 is 0. The quantitative estimate of drug-likeness (QED) is 0.154. The maximum Gasteiger partial charge on any atom is 0.404 e. The highest BCUT2D eigenvalue weighted by molar-refractivity contribution is 7.91. The van der Waals surface area contributed by atoms with E-state index in [1.165, 1.54) is 0 Å². The lowest BCUT2D eigenvalue weighted by Crippen LogP contribution is -2.32. The first kappa shape index (κ1) is 30.8. The molecule has 1 fully saturated rings. The van der Waals surface area contributed by atoms with Crippen LogP contribution in [0.5, 0.6) is 11.6 Å². The van der Waals surface area contributed by atoms with E-state index in [0.717, 1.165) is 23.8 Å². The van der Waals surface area contributed by atoms with Crippen LogP contribution >= 0.6 is 0 Å². The molecule has 11 nitrogen and oxygen atoms in total. The zero-order chi connectivity index (χ0) is 32.1. The van der Waals surface area contributed by atoms with Gasteiger partial charge in [-0.2, -0.15) is 0 Å². The molecule has 5 aromatic rings.